The van der Waals surface area contributed by atoms with Crippen molar-refractivity contribution in [1.29, 1.82) is 0 Å². The van der Waals surface area contributed by atoms with Gasteiger partial charge in [-0.15, -0.1) is 0 Å². The van der Waals surface area contributed by atoms with Crippen molar-refractivity contribution in [1.82, 2.24) is 0 Å². The Kier molecular flexibility index (Phi) is 4.49. The number of carbonyl (C=O) groups excluding carboxylic acids is 1. The van der Waals surface area contributed by atoms with Gasteiger partial charge >= 0.3 is 0 Å². The Morgan fingerprint density at radius 1 is 1.14 bits per heavy atom. The van der Waals surface area contributed by atoms with Crippen molar-refractivity contribution in [2.45, 2.75) is 11.8 Å². The van der Waals surface area contributed by atoms with Gasteiger partial charge in [0, 0.05) is 10.7 Å². The quantitative estimate of drug-likeness (QED) is 0.769. The van der Waals surface area contributed by atoms with Crippen LogP contribution in [-0.2, 0) is 9.84 Å². The lowest BCUT2D eigenvalue weighted by molar-refractivity contribution is 0.101. The summed E-state index contributed by atoms with van der Waals surface area (Å²) in [6.45, 7) is 1.45. The highest BCUT2D eigenvalue weighted by Crippen LogP contribution is 2.29. The van der Waals surface area contributed by atoms with Gasteiger partial charge in [0.1, 0.15) is 11.5 Å². The molecule has 2 aromatic carbocycles. The van der Waals surface area contributed by atoms with Crippen molar-refractivity contribution in [3.8, 4) is 11.5 Å². The highest BCUT2D eigenvalue weighted by atomic mass is 79.9. The van der Waals surface area contributed by atoms with Crippen molar-refractivity contribution >= 4 is 31.6 Å². The summed E-state index contributed by atoms with van der Waals surface area (Å²) < 4.78 is 29.5. The van der Waals surface area contributed by atoms with Crippen molar-refractivity contribution in [3.05, 3.63) is 52.5 Å². The minimum absolute atomic E-state index is 0.134. The topological polar surface area (TPSA) is 60.4 Å². The fraction of sp³-hybridized carbons (Fsp3) is 0.133. The molecular weight excluding hydrogens is 356 g/mol. The molecule has 0 saturated carbocycles. The Labute approximate surface area is 131 Å². The lowest BCUT2D eigenvalue weighted by Crippen LogP contribution is -1.99. The smallest absolute Gasteiger partial charge is 0.175 e. The van der Waals surface area contributed by atoms with Gasteiger partial charge in [0.2, 0.25) is 0 Å². The highest BCUT2D eigenvalue weighted by molar-refractivity contribution is 9.10. The molecule has 0 N–H and O–H groups in total. The largest absolute Gasteiger partial charge is 0.457 e. The first-order chi connectivity index (χ1) is 9.77. The fourth-order valence-electron chi connectivity index (χ4n) is 1.76. The van der Waals surface area contributed by atoms with Crippen LogP contribution in [0.25, 0.3) is 0 Å². The van der Waals surface area contributed by atoms with E-state index in [1.165, 1.54) is 19.1 Å². The van der Waals surface area contributed by atoms with Gasteiger partial charge in [-0.2, -0.15) is 0 Å². The van der Waals surface area contributed by atoms with Crippen LogP contribution in [0.3, 0.4) is 0 Å². The van der Waals surface area contributed by atoms with Gasteiger partial charge in [-0.05, 0) is 43.3 Å². The van der Waals surface area contributed by atoms with Crippen LogP contribution in [0.15, 0.2) is 51.8 Å². The predicted octanol–water partition coefficient (Wildman–Crippen LogP) is 3.85. The number of halogens is 1. The second kappa shape index (κ2) is 5.99. The molecule has 0 amide bonds. The van der Waals surface area contributed by atoms with Crippen LogP contribution in [0.5, 0.6) is 11.5 Å². The number of hydrogen-bond donors (Lipinski definition) is 0. The molecule has 0 aliphatic carbocycles. The lowest BCUT2D eigenvalue weighted by atomic mass is 10.1. The molecule has 0 aliphatic rings. The molecule has 0 unspecified atom stereocenters. The van der Waals surface area contributed by atoms with E-state index in [-0.39, 0.29) is 10.7 Å². The molecule has 0 saturated heterocycles. The van der Waals surface area contributed by atoms with Gasteiger partial charge in [-0.1, -0.05) is 22.0 Å². The van der Waals surface area contributed by atoms with Gasteiger partial charge in [-0.25, -0.2) is 8.42 Å². The molecule has 0 fully saturated rings. The highest BCUT2D eigenvalue weighted by Gasteiger charge is 2.12. The normalized spacial score (nSPS) is 11.2. The van der Waals surface area contributed by atoms with Crippen LogP contribution in [0, 0.1) is 0 Å². The number of rotatable bonds is 4. The van der Waals surface area contributed by atoms with Crippen molar-refractivity contribution in [3.63, 3.8) is 0 Å². The van der Waals surface area contributed by atoms with E-state index in [9.17, 15) is 13.2 Å². The third-order valence-electron chi connectivity index (χ3n) is 2.78. The standard InChI is InChI=1S/C15H13BrO4S/c1-10(17)14-8-11(16)6-7-15(14)20-12-4-3-5-13(9-12)21(2,18)19/h3-9H,1-2H3. The minimum Gasteiger partial charge on any atom is -0.457 e. The average molecular weight is 369 g/mol. The summed E-state index contributed by atoms with van der Waals surface area (Å²) in [6.07, 6.45) is 1.13. The fourth-order valence-corrected chi connectivity index (χ4v) is 2.78. The van der Waals surface area contributed by atoms with E-state index in [2.05, 4.69) is 15.9 Å². The number of ketones is 1. The molecule has 4 nitrogen and oxygen atoms in total. The molecule has 6 heteroatoms. The zero-order valence-corrected chi connectivity index (χ0v) is 13.9. The first-order valence-corrected chi connectivity index (χ1v) is 8.74. The Morgan fingerprint density at radius 2 is 1.86 bits per heavy atom. The molecule has 0 bridgehead atoms. The second-order valence-electron chi connectivity index (χ2n) is 4.55. The molecule has 2 aromatic rings. The van der Waals surface area contributed by atoms with Crippen LogP contribution in [0.2, 0.25) is 0 Å². The Bertz CT molecular complexity index is 797. The maximum absolute atomic E-state index is 11.6. The van der Waals surface area contributed by atoms with Gasteiger partial charge in [0.15, 0.2) is 15.6 Å². The third kappa shape index (κ3) is 3.92. The summed E-state index contributed by atoms with van der Waals surface area (Å²) in [5.41, 5.74) is 0.425. The Balaban J connectivity index is 2.41. The zero-order chi connectivity index (χ0) is 15.6. The molecule has 0 aromatic heterocycles. The summed E-state index contributed by atoms with van der Waals surface area (Å²) in [6, 6.07) is 11.2. The number of Topliss-reactive ketones (excluding diaryl/α,β-unsaturated/α-hetero) is 1. The summed E-state index contributed by atoms with van der Waals surface area (Å²) >= 11 is 3.30. The van der Waals surface area contributed by atoms with E-state index in [4.69, 9.17) is 4.74 Å². The monoisotopic (exact) mass is 368 g/mol. The van der Waals surface area contributed by atoms with Crippen molar-refractivity contribution < 1.29 is 17.9 Å². The van der Waals surface area contributed by atoms with Gasteiger partial charge in [0.25, 0.3) is 0 Å². The number of sulfone groups is 1. The number of benzene rings is 2. The maximum atomic E-state index is 11.6. The number of hydrogen-bond acceptors (Lipinski definition) is 4. The van der Waals surface area contributed by atoms with Crippen molar-refractivity contribution in [2.75, 3.05) is 6.26 Å². The molecule has 0 radical (unpaired) electrons. The molecule has 0 aliphatic heterocycles. The summed E-state index contributed by atoms with van der Waals surface area (Å²) in [7, 11) is -3.31. The first-order valence-electron chi connectivity index (χ1n) is 6.06. The van der Waals surface area contributed by atoms with E-state index in [1.54, 1.807) is 30.3 Å². The number of carbonyl (C=O) groups is 1. The van der Waals surface area contributed by atoms with E-state index in [1.807, 2.05) is 0 Å². The molecule has 0 atom stereocenters. The summed E-state index contributed by atoms with van der Waals surface area (Å²) in [5, 5.41) is 0. The summed E-state index contributed by atoms with van der Waals surface area (Å²) in [4.78, 5) is 11.8. The van der Waals surface area contributed by atoms with Crippen molar-refractivity contribution in [2.24, 2.45) is 0 Å². The van der Waals surface area contributed by atoms with E-state index >= 15 is 0 Å². The van der Waals surface area contributed by atoms with Gasteiger partial charge in [0.05, 0.1) is 10.5 Å². The van der Waals surface area contributed by atoms with Crippen LogP contribution in [0.4, 0.5) is 0 Å². The van der Waals surface area contributed by atoms with E-state index in [0.717, 1.165) is 10.7 Å². The van der Waals surface area contributed by atoms with Gasteiger partial charge < -0.3 is 4.74 Å². The van der Waals surface area contributed by atoms with Crippen LogP contribution in [0.1, 0.15) is 17.3 Å². The second-order valence-corrected chi connectivity index (χ2v) is 7.48. The molecule has 0 spiro atoms. The van der Waals surface area contributed by atoms with E-state index < -0.39 is 9.84 Å². The van der Waals surface area contributed by atoms with Crippen LogP contribution >= 0.6 is 15.9 Å². The Morgan fingerprint density at radius 3 is 2.48 bits per heavy atom. The molecular formula is C15H13BrO4S. The molecule has 2 rings (SSSR count). The molecule has 0 heterocycles. The summed E-state index contributed by atoms with van der Waals surface area (Å²) in [5.74, 6) is 0.615. The van der Waals surface area contributed by atoms with Crippen LogP contribution in [-0.4, -0.2) is 20.5 Å². The lowest BCUT2D eigenvalue weighted by Gasteiger charge is -2.10. The van der Waals surface area contributed by atoms with E-state index in [0.29, 0.717) is 17.1 Å². The molecule has 21 heavy (non-hydrogen) atoms. The third-order valence-corrected chi connectivity index (χ3v) is 4.39. The minimum atomic E-state index is -3.31. The first kappa shape index (κ1) is 15.7. The van der Waals surface area contributed by atoms with Crippen LogP contribution < -0.4 is 4.74 Å². The molecule has 110 valence electrons. The number of ether oxygens (including phenoxy) is 1. The predicted molar refractivity (Wildman–Crippen MR) is 83.8 cm³/mol. The Hall–Kier alpha value is -1.66. The SMILES string of the molecule is CC(=O)c1cc(Br)ccc1Oc1cccc(S(C)(=O)=O)c1. The van der Waals surface area contributed by atoms with Gasteiger partial charge in [-0.3, -0.25) is 4.79 Å². The average Bonchev–Trinajstić information content (AvgIpc) is 2.40. The zero-order valence-electron chi connectivity index (χ0n) is 11.5. The maximum Gasteiger partial charge on any atom is 0.175 e.